The topological polar surface area (TPSA) is 43.6 Å². The van der Waals surface area contributed by atoms with E-state index in [-0.39, 0.29) is 0 Å². The molecular weight excluding hydrogens is 352 g/mol. The molecule has 0 saturated carbocycles. The molecule has 0 aliphatic heterocycles. The quantitative estimate of drug-likeness (QED) is 0.450. The first-order chi connectivity index (χ1) is 13.2. The standard InChI is InChI=1S/C22H20N4S/c1-16-6-5-8-18(14-16)15-27-22-25-24-21(19-10-12-23-13-11-19)26(22)20-9-4-3-7-17(20)2/h3-14H,15H2,1-2H3. The van der Waals surface area contributed by atoms with Crippen molar-refractivity contribution in [2.75, 3.05) is 0 Å². The summed E-state index contributed by atoms with van der Waals surface area (Å²) in [5.41, 5.74) is 5.84. The van der Waals surface area contributed by atoms with Gasteiger partial charge in [0.25, 0.3) is 0 Å². The van der Waals surface area contributed by atoms with Gasteiger partial charge >= 0.3 is 0 Å². The van der Waals surface area contributed by atoms with Crippen LogP contribution in [0.15, 0.2) is 78.2 Å². The van der Waals surface area contributed by atoms with Crippen molar-refractivity contribution in [2.45, 2.75) is 24.8 Å². The fourth-order valence-corrected chi connectivity index (χ4v) is 3.92. The van der Waals surface area contributed by atoms with Gasteiger partial charge < -0.3 is 0 Å². The Hall–Kier alpha value is -2.92. The lowest BCUT2D eigenvalue weighted by Crippen LogP contribution is -2.02. The van der Waals surface area contributed by atoms with Gasteiger partial charge in [-0.15, -0.1) is 10.2 Å². The number of thioether (sulfide) groups is 1. The van der Waals surface area contributed by atoms with E-state index in [0.717, 1.165) is 28.0 Å². The van der Waals surface area contributed by atoms with Gasteiger partial charge in [-0.05, 0) is 43.2 Å². The van der Waals surface area contributed by atoms with Gasteiger partial charge in [-0.3, -0.25) is 9.55 Å². The van der Waals surface area contributed by atoms with E-state index >= 15 is 0 Å². The van der Waals surface area contributed by atoms with E-state index in [1.807, 2.05) is 18.2 Å². The summed E-state index contributed by atoms with van der Waals surface area (Å²) in [4.78, 5) is 4.12. The predicted octanol–water partition coefficient (Wildman–Crippen LogP) is 5.24. The molecule has 2 aromatic carbocycles. The highest BCUT2D eigenvalue weighted by molar-refractivity contribution is 7.98. The number of aryl methyl sites for hydroxylation is 2. The number of hydrogen-bond donors (Lipinski definition) is 0. The smallest absolute Gasteiger partial charge is 0.196 e. The molecule has 27 heavy (non-hydrogen) atoms. The third-order valence-corrected chi connectivity index (χ3v) is 5.38. The van der Waals surface area contributed by atoms with E-state index in [9.17, 15) is 0 Å². The second-order valence-corrected chi connectivity index (χ2v) is 7.38. The largest absolute Gasteiger partial charge is 0.270 e. The number of pyridine rings is 1. The minimum Gasteiger partial charge on any atom is -0.270 e. The number of rotatable bonds is 5. The fraction of sp³-hybridized carbons (Fsp3) is 0.136. The summed E-state index contributed by atoms with van der Waals surface area (Å²) < 4.78 is 2.14. The molecule has 0 aliphatic carbocycles. The number of nitrogens with zero attached hydrogens (tertiary/aromatic N) is 4. The zero-order valence-electron chi connectivity index (χ0n) is 15.3. The van der Waals surface area contributed by atoms with E-state index in [1.165, 1.54) is 16.7 Å². The monoisotopic (exact) mass is 372 g/mol. The maximum atomic E-state index is 4.50. The molecule has 0 amide bonds. The van der Waals surface area contributed by atoms with Crippen molar-refractivity contribution in [1.82, 2.24) is 19.7 Å². The summed E-state index contributed by atoms with van der Waals surface area (Å²) in [7, 11) is 0. The molecule has 4 aromatic rings. The Bertz CT molecular complexity index is 1060. The van der Waals surface area contributed by atoms with E-state index < -0.39 is 0 Å². The van der Waals surface area contributed by atoms with Gasteiger partial charge in [0.15, 0.2) is 11.0 Å². The number of benzene rings is 2. The molecule has 5 heteroatoms. The number of para-hydroxylation sites is 1. The minimum atomic E-state index is 0.832. The summed E-state index contributed by atoms with van der Waals surface area (Å²) in [6.07, 6.45) is 3.57. The Morgan fingerprint density at radius 3 is 2.48 bits per heavy atom. The Kier molecular flexibility index (Phi) is 5.03. The van der Waals surface area contributed by atoms with Crippen LogP contribution >= 0.6 is 11.8 Å². The van der Waals surface area contributed by atoms with Gasteiger partial charge in [-0.25, -0.2) is 0 Å². The van der Waals surface area contributed by atoms with E-state index in [2.05, 4.69) is 76.1 Å². The number of hydrogen-bond acceptors (Lipinski definition) is 4. The third kappa shape index (κ3) is 3.78. The first kappa shape index (κ1) is 17.5. The Morgan fingerprint density at radius 1 is 0.889 bits per heavy atom. The predicted molar refractivity (Wildman–Crippen MR) is 110 cm³/mol. The van der Waals surface area contributed by atoms with Crippen LogP contribution in [0.1, 0.15) is 16.7 Å². The first-order valence-corrected chi connectivity index (χ1v) is 9.81. The molecule has 0 N–H and O–H groups in total. The molecule has 0 aliphatic rings. The van der Waals surface area contributed by atoms with Crippen LogP contribution in [0, 0.1) is 13.8 Å². The maximum Gasteiger partial charge on any atom is 0.196 e. The van der Waals surface area contributed by atoms with Crippen molar-refractivity contribution in [3.63, 3.8) is 0 Å². The molecule has 4 nitrogen and oxygen atoms in total. The van der Waals surface area contributed by atoms with Crippen LogP contribution in [0.5, 0.6) is 0 Å². The zero-order valence-corrected chi connectivity index (χ0v) is 16.1. The summed E-state index contributed by atoms with van der Waals surface area (Å²) in [5, 5.41) is 9.89. The van der Waals surface area contributed by atoms with Crippen LogP contribution in [-0.2, 0) is 5.75 Å². The minimum absolute atomic E-state index is 0.832. The van der Waals surface area contributed by atoms with Crippen molar-refractivity contribution in [3.8, 4) is 17.1 Å². The molecule has 0 saturated heterocycles. The lowest BCUT2D eigenvalue weighted by molar-refractivity contribution is 0.880. The highest BCUT2D eigenvalue weighted by Crippen LogP contribution is 2.30. The molecule has 0 unspecified atom stereocenters. The maximum absolute atomic E-state index is 4.50. The highest BCUT2D eigenvalue weighted by atomic mass is 32.2. The molecular formula is C22H20N4S. The van der Waals surface area contributed by atoms with E-state index in [4.69, 9.17) is 0 Å². The van der Waals surface area contributed by atoms with Crippen molar-refractivity contribution in [2.24, 2.45) is 0 Å². The van der Waals surface area contributed by atoms with Crippen molar-refractivity contribution < 1.29 is 0 Å². The van der Waals surface area contributed by atoms with Gasteiger partial charge in [-0.2, -0.15) is 0 Å². The fourth-order valence-electron chi connectivity index (χ4n) is 3.03. The van der Waals surface area contributed by atoms with Crippen LogP contribution < -0.4 is 0 Å². The molecule has 2 heterocycles. The molecule has 0 atom stereocenters. The van der Waals surface area contributed by atoms with Crippen LogP contribution in [0.4, 0.5) is 0 Å². The van der Waals surface area contributed by atoms with Crippen molar-refractivity contribution >= 4 is 11.8 Å². The van der Waals surface area contributed by atoms with Crippen LogP contribution in [-0.4, -0.2) is 19.7 Å². The second kappa shape index (κ2) is 7.76. The van der Waals surface area contributed by atoms with Gasteiger partial charge in [0.2, 0.25) is 0 Å². The molecule has 0 bridgehead atoms. The van der Waals surface area contributed by atoms with E-state index in [1.54, 1.807) is 24.2 Å². The molecule has 0 fully saturated rings. The zero-order chi connectivity index (χ0) is 18.6. The molecule has 0 radical (unpaired) electrons. The van der Waals surface area contributed by atoms with Crippen LogP contribution in [0.2, 0.25) is 0 Å². The Labute approximate surface area is 163 Å². The van der Waals surface area contributed by atoms with Gasteiger partial charge in [-0.1, -0.05) is 59.8 Å². The van der Waals surface area contributed by atoms with Gasteiger partial charge in [0.05, 0.1) is 5.69 Å². The summed E-state index contributed by atoms with van der Waals surface area (Å²) in [6, 6.07) is 20.8. The Balaban J connectivity index is 1.76. The molecule has 2 aromatic heterocycles. The SMILES string of the molecule is Cc1cccc(CSc2nnc(-c3ccncc3)n2-c2ccccc2C)c1. The average Bonchev–Trinajstić information content (AvgIpc) is 3.11. The summed E-state index contributed by atoms with van der Waals surface area (Å²) >= 11 is 1.70. The Morgan fingerprint density at radius 2 is 1.70 bits per heavy atom. The van der Waals surface area contributed by atoms with Gasteiger partial charge in [0.1, 0.15) is 0 Å². The van der Waals surface area contributed by atoms with Crippen molar-refractivity contribution in [3.05, 3.63) is 89.7 Å². The summed E-state index contributed by atoms with van der Waals surface area (Å²) in [6.45, 7) is 4.23. The van der Waals surface area contributed by atoms with Crippen LogP contribution in [0.3, 0.4) is 0 Å². The van der Waals surface area contributed by atoms with E-state index in [0.29, 0.717) is 0 Å². The lowest BCUT2D eigenvalue weighted by atomic mass is 10.2. The lowest BCUT2D eigenvalue weighted by Gasteiger charge is -2.13. The summed E-state index contributed by atoms with van der Waals surface area (Å²) in [5.74, 6) is 1.68. The number of aromatic nitrogens is 4. The van der Waals surface area contributed by atoms with Crippen molar-refractivity contribution in [1.29, 1.82) is 0 Å². The highest BCUT2D eigenvalue weighted by Gasteiger charge is 2.17. The normalized spacial score (nSPS) is 10.9. The molecule has 4 rings (SSSR count). The second-order valence-electron chi connectivity index (χ2n) is 6.44. The molecule has 134 valence electrons. The van der Waals surface area contributed by atoms with Crippen LogP contribution in [0.25, 0.3) is 17.1 Å². The first-order valence-electron chi connectivity index (χ1n) is 8.82. The average molecular weight is 372 g/mol. The third-order valence-electron chi connectivity index (χ3n) is 4.38. The van der Waals surface area contributed by atoms with Gasteiger partial charge in [0, 0.05) is 23.7 Å². The molecule has 0 spiro atoms.